The largest absolute Gasteiger partial charge is 0.489 e. The number of thiazole rings is 1. The molecule has 0 amide bonds. The number of anilines is 2. The molecule has 0 aliphatic rings. The van der Waals surface area contributed by atoms with Gasteiger partial charge < -0.3 is 31.0 Å². The summed E-state index contributed by atoms with van der Waals surface area (Å²) in [4.78, 5) is 13.3. The van der Waals surface area contributed by atoms with E-state index in [1.165, 1.54) is 12.5 Å². The molecule has 6 N–H and O–H groups in total. The molecule has 0 saturated carbocycles. The van der Waals surface area contributed by atoms with Crippen LogP contribution in [0.5, 0.6) is 5.75 Å². The van der Waals surface area contributed by atoms with E-state index >= 15 is 0 Å². The third-order valence-electron chi connectivity index (χ3n) is 5.58. The van der Waals surface area contributed by atoms with Crippen molar-refractivity contribution in [1.29, 1.82) is 5.41 Å². The monoisotopic (exact) mass is 479 g/mol. The van der Waals surface area contributed by atoms with Crippen LogP contribution in [0.1, 0.15) is 12.5 Å². The molecule has 0 fully saturated rings. The lowest BCUT2D eigenvalue weighted by Crippen LogP contribution is -2.72. The Labute approximate surface area is 200 Å². The molecule has 2 heterocycles. The first-order chi connectivity index (χ1) is 16.6. The summed E-state index contributed by atoms with van der Waals surface area (Å²) in [7, 11) is 1.89. The van der Waals surface area contributed by atoms with Gasteiger partial charge in [-0.25, -0.2) is 15.0 Å². The highest BCUT2D eigenvalue weighted by Gasteiger charge is 2.21. The number of benzene rings is 2. The number of rotatable bonds is 10. The molecule has 2 aromatic heterocycles. The molecule has 2 aromatic carbocycles. The number of nitrogens with one attached hydrogen (secondary N) is 2. The van der Waals surface area contributed by atoms with Crippen LogP contribution in [0, 0.1) is 11.3 Å². The summed E-state index contributed by atoms with van der Waals surface area (Å²) >= 11 is 1.56. The van der Waals surface area contributed by atoms with Crippen molar-refractivity contribution in [2.75, 3.05) is 25.6 Å². The van der Waals surface area contributed by atoms with E-state index in [4.69, 9.17) is 10.1 Å². The number of ether oxygens (including phenoxy) is 1. The minimum absolute atomic E-state index is 0.206. The average molecular weight is 480 g/mol. The van der Waals surface area contributed by atoms with Crippen LogP contribution in [-0.4, -0.2) is 57.7 Å². The van der Waals surface area contributed by atoms with Crippen LogP contribution in [0.2, 0.25) is 0 Å². The van der Waals surface area contributed by atoms with Gasteiger partial charge in [-0.2, -0.15) is 0 Å². The molecule has 34 heavy (non-hydrogen) atoms. The van der Waals surface area contributed by atoms with Crippen molar-refractivity contribution in [3.8, 4) is 5.75 Å². The van der Waals surface area contributed by atoms with Crippen molar-refractivity contribution in [3.63, 3.8) is 0 Å². The lowest BCUT2D eigenvalue weighted by Gasteiger charge is -2.23. The van der Waals surface area contributed by atoms with Gasteiger partial charge in [0.05, 0.1) is 52.5 Å². The molecule has 176 valence electrons. The predicted molar refractivity (Wildman–Crippen MR) is 135 cm³/mol. The molecule has 4 aromatic rings. The second kappa shape index (κ2) is 10.7. The number of hydrogen-bond donors (Lipinski definition) is 5. The maximum absolute atomic E-state index is 9.63. The Kier molecular flexibility index (Phi) is 7.43. The Morgan fingerprint density at radius 3 is 2.74 bits per heavy atom. The predicted octanol–water partition coefficient (Wildman–Crippen LogP) is 2.53. The summed E-state index contributed by atoms with van der Waals surface area (Å²) in [5.74, 6) is 0.613. The van der Waals surface area contributed by atoms with E-state index in [-0.39, 0.29) is 13.2 Å². The van der Waals surface area contributed by atoms with E-state index in [9.17, 15) is 10.2 Å². The van der Waals surface area contributed by atoms with Gasteiger partial charge in [-0.05, 0) is 42.8 Å². The number of aromatic nitrogens is 3. The summed E-state index contributed by atoms with van der Waals surface area (Å²) in [5.41, 5.74) is 5.70. The Bertz CT molecular complexity index is 1340. The molecular formula is C24H27N6O3S+. The summed E-state index contributed by atoms with van der Waals surface area (Å²) in [6.45, 7) is 1.39. The molecule has 9 nitrogen and oxygen atoms in total. The van der Waals surface area contributed by atoms with E-state index in [1.54, 1.807) is 18.3 Å². The Morgan fingerprint density at radius 2 is 2.00 bits per heavy atom. The Balaban J connectivity index is 1.84. The Hall–Kier alpha value is -3.44. The third kappa shape index (κ3) is 4.90. The highest BCUT2D eigenvalue weighted by molar-refractivity contribution is 7.16. The van der Waals surface area contributed by atoms with Gasteiger partial charge in [-0.15, -0.1) is 11.3 Å². The summed E-state index contributed by atoms with van der Waals surface area (Å²) in [5, 5.41) is 33.0. The maximum Gasteiger partial charge on any atom is 0.145 e. The topological polar surface area (TPSA) is 141 Å². The van der Waals surface area contributed by atoms with Gasteiger partial charge in [-0.3, -0.25) is 0 Å². The van der Waals surface area contributed by atoms with Crippen LogP contribution in [0.4, 0.5) is 11.5 Å². The first-order valence-corrected chi connectivity index (χ1v) is 11.7. The number of nitrogens with zero attached hydrogens (tertiary/aromatic N) is 3. The van der Waals surface area contributed by atoms with Crippen molar-refractivity contribution in [2.24, 2.45) is 5.92 Å². The van der Waals surface area contributed by atoms with Crippen molar-refractivity contribution in [2.45, 2.75) is 13.0 Å². The van der Waals surface area contributed by atoms with Crippen LogP contribution in [0.25, 0.3) is 26.7 Å². The zero-order valence-electron chi connectivity index (χ0n) is 18.9. The van der Waals surface area contributed by atoms with Gasteiger partial charge in [0.2, 0.25) is 0 Å². The highest BCUT2D eigenvalue weighted by Crippen LogP contribution is 2.36. The summed E-state index contributed by atoms with van der Waals surface area (Å²) in [6, 6.07) is 9.63. The number of fused-ring (bicyclic) bond motifs is 2. The molecule has 1 atom stereocenters. The molecule has 4 rings (SSSR count). The normalized spacial score (nSPS) is 12.9. The second-order valence-corrected chi connectivity index (χ2v) is 8.68. The molecule has 0 unspecified atom stereocenters. The molecule has 0 bridgehead atoms. The van der Waals surface area contributed by atoms with Crippen LogP contribution in [0.15, 0.2) is 48.4 Å². The van der Waals surface area contributed by atoms with Crippen LogP contribution >= 0.6 is 11.3 Å². The van der Waals surface area contributed by atoms with Crippen LogP contribution in [0.3, 0.4) is 0 Å². The SMILES string of the molecule is C[NH2+]/C=C(\C=N)c1cc(O[C@H](C)C(CO)CO)c2c(Nc3ccc4ncsc4c3)ncnc2c1. The highest BCUT2D eigenvalue weighted by atomic mass is 32.1. The quantitative estimate of drug-likeness (QED) is 0.220. The standard InChI is InChI=1S/C24H26N6O3S/c1-14(17(10-31)11-32)33-21-6-15(16(8-25)9-26-2)5-20-23(21)24(28-12-27-20)30-18-3-4-19-22(7-18)34-13-29-19/h3-9,12-14,17,25-26,31-32H,10-11H2,1-2H3,(H,27,28,30)/p+1/b16-9+,25-8?/t14-/m1/s1. The van der Waals surface area contributed by atoms with Gasteiger partial charge in [0.1, 0.15) is 30.2 Å². The molecular weight excluding hydrogens is 452 g/mol. The number of allylic oxidation sites excluding steroid dienone is 1. The number of nitrogens with two attached hydrogens (primary N) is 1. The van der Waals surface area contributed by atoms with Gasteiger partial charge in [-0.1, -0.05) is 0 Å². The Morgan fingerprint density at radius 1 is 1.18 bits per heavy atom. The molecule has 10 heteroatoms. The van der Waals surface area contributed by atoms with E-state index < -0.39 is 12.0 Å². The maximum atomic E-state index is 9.63. The second-order valence-electron chi connectivity index (χ2n) is 7.80. The minimum atomic E-state index is -0.472. The number of hydrogen-bond acceptors (Lipinski definition) is 9. The van der Waals surface area contributed by atoms with E-state index in [0.29, 0.717) is 28.0 Å². The molecule has 0 radical (unpaired) electrons. The molecule has 0 spiro atoms. The summed E-state index contributed by atoms with van der Waals surface area (Å²) in [6.07, 6.45) is 4.14. The van der Waals surface area contributed by atoms with E-state index in [2.05, 4.69) is 20.3 Å². The van der Waals surface area contributed by atoms with Crippen LogP contribution in [-0.2, 0) is 0 Å². The number of aliphatic hydroxyl groups excluding tert-OH is 2. The van der Waals surface area contributed by atoms with Crippen molar-refractivity contribution in [3.05, 3.63) is 53.9 Å². The van der Waals surface area contributed by atoms with Gasteiger partial charge in [0.15, 0.2) is 0 Å². The molecule has 0 aliphatic heterocycles. The zero-order valence-corrected chi connectivity index (χ0v) is 19.7. The van der Waals surface area contributed by atoms with Crippen molar-refractivity contribution in [1.82, 2.24) is 15.0 Å². The summed E-state index contributed by atoms with van der Waals surface area (Å²) < 4.78 is 7.32. The molecule has 0 saturated heterocycles. The smallest absolute Gasteiger partial charge is 0.145 e. The number of aliphatic hydroxyl groups is 2. The lowest BCUT2D eigenvalue weighted by atomic mass is 10.0. The fraction of sp³-hybridized carbons (Fsp3) is 0.250. The molecule has 0 aliphatic carbocycles. The van der Waals surface area contributed by atoms with Gasteiger partial charge in [0.25, 0.3) is 0 Å². The van der Waals surface area contributed by atoms with Gasteiger partial charge in [0, 0.05) is 17.8 Å². The van der Waals surface area contributed by atoms with Crippen LogP contribution < -0.4 is 15.4 Å². The minimum Gasteiger partial charge on any atom is -0.489 e. The van der Waals surface area contributed by atoms with Gasteiger partial charge >= 0.3 is 0 Å². The van der Waals surface area contributed by atoms with Crippen molar-refractivity contribution < 1.29 is 20.3 Å². The fourth-order valence-corrected chi connectivity index (χ4v) is 4.35. The first kappa shape index (κ1) is 23.7. The third-order valence-corrected chi connectivity index (χ3v) is 6.37. The first-order valence-electron chi connectivity index (χ1n) is 10.9. The average Bonchev–Trinajstić information content (AvgIpc) is 3.31. The van der Waals surface area contributed by atoms with E-state index in [1.807, 2.05) is 54.4 Å². The van der Waals surface area contributed by atoms with Crippen molar-refractivity contribution >= 4 is 55.7 Å². The fourth-order valence-electron chi connectivity index (χ4n) is 3.64. The number of quaternary nitrogens is 1. The van der Waals surface area contributed by atoms with E-state index in [0.717, 1.165) is 21.5 Å². The lowest BCUT2D eigenvalue weighted by molar-refractivity contribution is -0.555. The zero-order chi connectivity index (χ0) is 24.1.